The maximum Gasteiger partial charge on any atom is 0.0900 e. The molecule has 0 aliphatic rings. The largest absolute Gasteiger partial charge is 0.389 e. The highest BCUT2D eigenvalue weighted by atomic mass is 35.5. The first kappa shape index (κ1) is 15.4. The molecular formula is C14H22ClNO2. The molecular weight excluding hydrogens is 250 g/mol. The van der Waals surface area contributed by atoms with Gasteiger partial charge in [-0.15, -0.1) is 0 Å². The zero-order valence-corrected chi connectivity index (χ0v) is 12.0. The van der Waals surface area contributed by atoms with Gasteiger partial charge < -0.3 is 9.84 Å². The minimum Gasteiger partial charge on any atom is -0.389 e. The molecule has 0 amide bonds. The molecule has 1 rings (SSSR count). The van der Waals surface area contributed by atoms with E-state index in [0.717, 1.165) is 17.1 Å². The Morgan fingerprint density at radius 3 is 2.61 bits per heavy atom. The van der Waals surface area contributed by atoms with Crippen molar-refractivity contribution < 1.29 is 9.84 Å². The number of hydrogen-bond acceptors (Lipinski definition) is 3. The van der Waals surface area contributed by atoms with Crippen LogP contribution in [0.15, 0.2) is 24.3 Å². The molecule has 1 atom stereocenters. The SMILES string of the molecule is CC(C)OCC(O)CN(C)Cc1ccccc1Cl. The molecule has 0 fully saturated rings. The van der Waals surface area contributed by atoms with Crippen molar-refractivity contribution in [1.29, 1.82) is 0 Å². The van der Waals surface area contributed by atoms with E-state index in [1.807, 2.05) is 50.1 Å². The summed E-state index contributed by atoms with van der Waals surface area (Å²) in [5.41, 5.74) is 1.07. The smallest absolute Gasteiger partial charge is 0.0900 e. The minimum absolute atomic E-state index is 0.147. The Morgan fingerprint density at radius 2 is 2.00 bits per heavy atom. The van der Waals surface area contributed by atoms with E-state index in [4.69, 9.17) is 16.3 Å². The Labute approximate surface area is 114 Å². The summed E-state index contributed by atoms with van der Waals surface area (Å²) in [5.74, 6) is 0. The highest BCUT2D eigenvalue weighted by molar-refractivity contribution is 6.31. The standard InChI is InChI=1S/C14H22ClNO2/c1-11(2)18-10-13(17)9-16(3)8-12-6-4-5-7-14(12)15/h4-7,11,13,17H,8-10H2,1-3H3. The zero-order chi connectivity index (χ0) is 13.5. The minimum atomic E-state index is -0.472. The van der Waals surface area contributed by atoms with Gasteiger partial charge >= 0.3 is 0 Å². The van der Waals surface area contributed by atoms with E-state index >= 15 is 0 Å². The predicted octanol–water partition coefficient (Wildman–Crippen LogP) is 2.56. The molecule has 18 heavy (non-hydrogen) atoms. The van der Waals surface area contributed by atoms with Crippen LogP contribution in [0.2, 0.25) is 5.02 Å². The lowest BCUT2D eigenvalue weighted by molar-refractivity contribution is -0.00634. The lowest BCUT2D eigenvalue weighted by atomic mass is 10.2. The molecule has 1 unspecified atom stereocenters. The number of aliphatic hydroxyl groups is 1. The molecule has 4 heteroatoms. The topological polar surface area (TPSA) is 32.7 Å². The van der Waals surface area contributed by atoms with Crippen molar-refractivity contribution in [3.63, 3.8) is 0 Å². The fraction of sp³-hybridized carbons (Fsp3) is 0.571. The van der Waals surface area contributed by atoms with E-state index in [9.17, 15) is 5.11 Å². The van der Waals surface area contributed by atoms with Crippen molar-refractivity contribution in [3.05, 3.63) is 34.9 Å². The molecule has 0 aliphatic carbocycles. The van der Waals surface area contributed by atoms with Crippen LogP contribution >= 0.6 is 11.6 Å². The fourth-order valence-electron chi connectivity index (χ4n) is 1.70. The number of nitrogens with zero attached hydrogens (tertiary/aromatic N) is 1. The first-order valence-corrected chi connectivity index (χ1v) is 6.58. The van der Waals surface area contributed by atoms with E-state index in [1.165, 1.54) is 0 Å². The second-order valence-corrected chi connectivity index (χ2v) is 5.23. The van der Waals surface area contributed by atoms with Crippen molar-refractivity contribution >= 4 is 11.6 Å². The average molecular weight is 272 g/mol. The van der Waals surface area contributed by atoms with Crippen LogP contribution in [0.3, 0.4) is 0 Å². The van der Waals surface area contributed by atoms with Gasteiger partial charge in [-0.1, -0.05) is 29.8 Å². The second kappa shape index (κ2) is 7.74. The molecule has 1 N–H and O–H groups in total. The quantitative estimate of drug-likeness (QED) is 0.827. The van der Waals surface area contributed by atoms with Crippen molar-refractivity contribution in [1.82, 2.24) is 4.90 Å². The van der Waals surface area contributed by atoms with Crippen LogP contribution in [0.5, 0.6) is 0 Å². The van der Waals surface area contributed by atoms with Gasteiger partial charge in [0.2, 0.25) is 0 Å². The molecule has 0 aromatic heterocycles. The number of benzene rings is 1. The summed E-state index contributed by atoms with van der Waals surface area (Å²) in [6, 6.07) is 7.75. The summed E-state index contributed by atoms with van der Waals surface area (Å²) >= 11 is 6.09. The molecule has 0 aliphatic heterocycles. The van der Waals surface area contributed by atoms with Crippen LogP contribution in [0, 0.1) is 0 Å². The molecule has 0 heterocycles. The highest BCUT2D eigenvalue weighted by Crippen LogP contribution is 2.16. The number of aliphatic hydroxyl groups excluding tert-OH is 1. The summed E-state index contributed by atoms with van der Waals surface area (Å²) in [5, 5.41) is 10.6. The number of halogens is 1. The van der Waals surface area contributed by atoms with Gasteiger partial charge in [0.15, 0.2) is 0 Å². The summed E-state index contributed by atoms with van der Waals surface area (Å²) in [6.45, 7) is 5.57. The van der Waals surface area contributed by atoms with Crippen molar-refractivity contribution in [2.45, 2.75) is 32.6 Å². The highest BCUT2D eigenvalue weighted by Gasteiger charge is 2.10. The third-order valence-electron chi connectivity index (χ3n) is 2.54. The van der Waals surface area contributed by atoms with Gasteiger partial charge in [-0.05, 0) is 32.5 Å². The van der Waals surface area contributed by atoms with Crippen LogP contribution in [-0.2, 0) is 11.3 Å². The third-order valence-corrected chi connectivity index (χ3v) is 2.91. The third kappa shape index (κ3) is 5.83. The van der Waals surface area contributed by atoms with Crippen molar-refractivity contribution in [2.75, 3.05) is 20.2 Å². The average Bonchev–Trinajstić information content (AvgIpc) is 2.29. The van der Waals surface area contributed by atoms with Gasteiger partial charge in [-0.2, -0.15) is 0 Å². The van der Waals surface area contributed by atoms with E-state index in [-0.39, 0.29) is 6.10 Å². The molecule has 1 aromatic rings. The van der Waals surface area contributed by atoms with Gasteiger partial charge in [0.1, 0.15) is 0 Å². The number of ether oxygens (including phenoxy) is 1. The normalized spacial score (nSPS) is 13.3. The molecule has 3 nitrogen and oxygen atoms in total. The molecule has 0 saturated heterocycles. The molecule has 0 spiro atoms. The number of hydrogen-bond donors (Lipinski definition) is 1. The van der Waals surface area contributed by atoms with Gasteiger partial charge in [-0.3, -0.25) is 4.90 Å². The van der Waals surface area contributed by atoms with Crippen LogP contribution in [0.1, 0.15) is 19.4 Å². The first-order valence-electron chi connectivity index (χ1n) is 6.20. The summed E-state index contributed by atoms with van der Waals surface area (Å²) in [4.78, 5) is 2.04. The summed E-state index contributed by atoms with van der Waals surface area (Å²) in [6.07, 6.45) is -0.326. The Hall–Kier alpha value is -0.610. The Balaban J connectivity index is 2.37. The van der Waals surface area contributed by atoms with Crippen molar-refractivity contribution in [3.8, 4) is 0 Å². The molecule has 0 bridgehead atoms. The monoisotopic (exact) mass is 271 g/mol. The number of likely N-dealkylation sites (N-methyl/N-ethyl adjacent to an activating group) is 1. The van der Waals surface area contributed by atoms with E-state index in [2.05, 4.69) is 0 Å². The lowest BCUT2D eigenvalue weighted by Gasteiger charge is -2.21. The number of rotatable bonds is 7. The van der Waals surface area contributed by atoms with Gasteiger partial charge in [0.05, 0.1) is 18.8 Å². The Bertz CT molecular complexity index is 357. The van der Waals surface area contributed by atoms with E-state index in [1.54, 1.807) is 0 Å². The zero-order valence-electron chi connectivity index (χ0n) is 11.3. The van der Waals surface area contributed by atoms with Gasteiger partial charge in [0, 0.05) is 18.1 Å². The van der Waals surface area contributed by atoms with Crippen LogP contribution in [-0.4, -0.2) is 42.4 Å². The molecule has 102 valence electrons. The lowest BCUT2D eigenvalue weighted by Crippen LogP contribution is -2.32. The first-order chi connectivity index (χ1) is 8.49. The Morgan fingerprint density at radius 1 is 1.33 bits per heavy atom. The second-order valence-electron chi connectivity index (χ2n) is 4.82. The molecule has 1 aromatic carbocycles. The molecule has 0 saturated carbocycles. The van der Waals surface area contributed by atoms with Crippen molar-refractivity contribution in [2.24, 2.45) is 0 Å². The van der Waals surface area contributed by atoms with Crippen LogP contribution in [0.25, 0.3) is 0 Å². The maximum absolute atomic E-state index is 9.82. The Kier molecular flexibility index (Phi) is 6.65. The van der Waals surface area contributed by atoms with E-state index < -0.39 is 6.10 Å². The van der Waals surface area contributed by atoms with Crippen LogP contribution in [0.4, 0.5) is 0 Å². The summed E-state index contributed by atoms with van der Waals surface area (Å²) in [7, 11) is 1.96. The maximum atomic E-state index is 9.82. The fourth-order valence-corrected chi connectivity index (χ4v) is 1.89. The molecule has 0 radical (unpaired) electrons. The predicted molar refractivity (Wildman–Crippen MR) is 74.9 cm³/mol. The summed E-state index contributed by atoms with van der Waals surface area (Å²) < 4.78 is 5.38. The van der Waals surface area contributed by atoms with Gasteiger partial charge in [0.25, 0.3) is 0 Å². The van der Waals surface area contributed by atoms with E-state index in [0.29, 0.717) is 13.2 Å². The van der Waals surface area contributed by atoms with Crippen LogP contribution < -0.4 is 0 Å². The van der Waals surface area contributed by atoms with Gasteiger partial charge in [-0.25, -0.2) is 0 Å².